The second-order valence-corrected chi connectivity index (χ2v) is 8.27. The molecule has 24 heavy (non-hydrogen) atoms. The molecule has 0 bridgehead atoms. The molecule has 3 N–H and O–H groups in total. The number of aliphatic hydroxyl groups is 1. The maximum absolute atomic E-state index is 13.9. The van der Waals surface area contributed by atoms with Crippen LogP contribution in [-0.2, 0) is 9.84 Å². The minimum absolute atomic E-state index is 0.0892. The van der Waals surface area contributed by atoms with Crippen LogP contribution in [0.4, 0.5) is 10.1 Å². The predicted octanol–water partition coefficient (Wildman–Crippen LogP) is 2.71. The Morgan fingerprint density at radius 1 is 1.25 bits per heavy atom. The summed E-state index contributed by atoms with van der Waals surface area (Å²) in [4.78, 5) is 0.0892. The van der Waals surface area contributed by atoms with Gasteiger partial charge in [0, 0.05) is 11.6 Å². The molecule has 1 heterocycles. The van der Waals surface area contributed by atoms with Gasteiger partial charge in [0.1, 0.15) is 5.82 Å². The molecule has 0 unspecified atom stereocenters. The second-order valence-electron chi connectivity index (χ2n) is 6.27. The fraction of sp³-hybridized carbons (Fsp3) is 0.333. The molecule has 3 rings (SSSR count). The Kier molecular flexibility index (Phi) is 4.36. The van der Waals surface area contributed by atoms with E-state index in [0.29, 0.717) is 23.2 Å². The lowest BCUT2D eigenvalue weighted by molar-refractivity contribution is 0.100. The molecule has 1 aliphatic heterocycles. The number of halogens is 1. The number of sulfone groups is 1. The van der Waals surface area contributed by atoms with Gasteiger partial charge >= 0.3 is 0 Å². The fourth-order valence-corrected chi connectivity index (χ4v) is 5.46. The quantitative estimate of drug-likeness (QED) is 0.645. The summed E-state index contributed by atoms with van der Waals surface area (Å²) in [5.41, 5.74) is 7.34. The number of aliphatic hydroxyl groups excluding tert-OH is 1. The van der Waals surface area contributed by atoms with Crippen molar-refractivity contribution < 1.29 is 17.9 Å². The molecule has 0 saturated heterocycles. The summed E-state index contributed by atoms with van der Waals surface area (Å²) in [5.74, 6) is -1.75. The number of rotatable bonds is 2. The molecule has 0 aliphatic carbocycles. The molecule has 0 aromatic heterocycles. The lowest BCUT2D eigenvalue weighted by Gasteiger charge is -2.27. The summed E-state index contributed by atoms with van der Waals surface area (Å²) in [6, 6.07) is 10.6. The van der Waals surface area contributed by atoms with Crippen molar-refractivity contribution in [3.05, 3.63) is 59.4 Å². The summed E-state index contributed by atoms with van der Waals surface area (Å²) >= 11 is 0. The van der Waals surface area contributed by atoms with Gasteiger partial charge in [-0.1, -0.05) is 19.1 Å². The SMILES string of the molecule is CC[C@@H]1CS(=O)(=O)c2ccc(F)cc2[C@H](c2cccc(N)c2)[C@@H]1O. The van der Waals surface area contributed by atoms with E-state index in [0.717, 1.165) is 6.07 Å². The van der Waals surface area contributed by atoms with Gasteiger partial charge in [-0.2, -0.15) is 0 Å². The monoisotopic (exact) mass is 349 g/mol. The van der Waals surface area contributed by atoms with E-state index in [-0.39, 0.29) is 10.6 Å². The van der Waals surface area contributed by atoms with Crippen molar-refractivity contribution in [2.24, 2.45) is 5.92 Å². The first-order valence-corrected chi connectivity index (χ1v) is 9.54. The molecule has 0 fully saturated rings. The molecule has 6 heteroatoms. The van der Waals surface area contributed by atoms with Gasteiger partial charge < -0.3 is 10.8 Å². The molecule has 2 aromatic rings. The number of fused-ring (bicyclic) bond motifs is 1. The van der Waals surface area contributed by atoms with Gasteiger partial charge in [-0.3, -0.25) is 0 Å². The first-order valence-electron chi connectivity index (χ1n) is 7.89. The summed E-state index contributed by atoms with van der Waals surface area (Å²) in [6.07, 6.45) is -0.426. The van der Waals surface area contributed by atoms with Crippen molar-refractivity contribution in [2.45, 2.75) is 30.3 Å². The molecule has 0 saturated carbocycles. The standard InChI is InChI=1S/C18H20FNO3S/c1-2-11-10-24(22,23)16-7-6-13(19)9-15(16)17(18(11)21)12-4-3-5-14(20)8-12/h3-9,11,17-18,21H,2,10,20H2,1H3/t11-,17+,18-/m1/s1. The normalized spacial score (nSPS) is 25.7. The van der Waals surface area contributed by atoms with E-state index in [2.05, 4.69) is 0 Å². The topological polar surface area (TPSA) is 80.4 Å². The molecule has 3 atom stereocenters. The van der Waals surface area contributed by atoms with Gasteiger partial charge in [0.15, 0.2) is 9.84 Å². The number of nitrogen functional groups attached to an aromatic ring is 1. The number of anilines is 1. The van der Waals surface area contributed by atoms with Crippen LogP contribution in [0.1, 0.15) is 30.4 Å². The van der Waals surface area contributed by atoms with E-state index < -0.39 is 33.6 Å². The smallest absolute Gasteiger partial charge is 0.179 e. The predicted molar refractivity (Wildman–Crippen MR) is 90.9 cm³/mol. The Morgan fingerprint density at radius 3 is 2.67 bits per heavy atom. The van der Waals surface area contributed by atoms with Crippen LogP contribution in [0.15, 0.2) is 47.4 Å². The first-order chi connectivity index (χ1) is 11.3. The van der Waals surface area contributed by atoms with Crippen LogP contribution in [0.5, 0.6) is 0 Å². The van der Waals surface area contributed by atoms with Crippen molar-refractivity contribution in [1.82, 2.24) is 0 Å². The molecule has 0 spiro atoms. The largest absolute Gasteiger partial charge is 0.399 e. The molecular weight excluding hydrogens is 329 g/mol. The van der Waals surface area contributed by atoms with Gasteiger partial charge in [0.05, 0.1) is 16.8 Å². The molecule has 128 valence electrons. The minimum atomic E-state index is -3.60. The molecular formula is C18H20FNO3S. The van der Waals surface area contributed by atoms with Gasteiger partial charge in [-0.05, 0) is 53.8 Å². The van der Waals surface area contributed by atoms with Gasteiger partial charge in [0.25, 0.3) is 0 Å². The van der Waals surface area contributed by atoms with Crippen molar-refractivity contribution in [1.29, 1.82) is 0 Å². The van der Waals surface area contributed by atoms with E-state index in [1.54, 1.807) is 24.3 Å². The lowest BCUT2D eigenvalue weighted by Crippen LogP contribution is -2.30. The van der Waals surface area contributed by atoms with Gasteiger partial charge in [0.2, 0.25) is 0 Å². The highest BCUT2D eigenvalue weighted by Crippen LogP contribution is 2.41. The number of benzene rings is 2. The molecule has 0 radical (unpaired) electrons. The van der Waals surface area contributed by atoms with Crippen molar-refractivity contribution >= 4 is 15.5 Å². The summed E-state index contributed by atoms with van der Waals surface area (Å²) < 4.78 is 39.3. The Labute approximate surface area is 141 Å². The van der Waals surface area contributed by atoms with Crippen LogP contribution in [0.3, 0.4) is 0 Å². The van der Waals surface area contributed by atoms with Crippen LogP contribution in [0, 0.1) is 11.7 Å². The maximum Gasteiger partial charge on any atom is 0.179 e. The third-order valence-corrected chi connectivity index (χ3v) is 6.60. The van der Waals surface area contributed by atoms with Gasteiger partial charge in [-0.25, -0.2) is 12.8 Å². The fourth-order valence-electron chi connectivity index (χ4n) is 3.46. The lowest BCUT2D eigenvalue weighted by atomic mass is 9.80. The van der Waals surface area contributed by atoms with Crippen molar-refractivity contribution in [2.75, 3.05) is 11.5 Å². The van der Waals surface area contributed by atoms with E-state index in [4.69, 9.17) is 5.73 Å². The Balaban J connectivity index is 2.29. The Bertz CT molecular complexity index is 866. The van der Waals surface area contributed by atoms with Crippen LogP contribution in [0.2, 0.25) is 0 Å². The highest BCUT2D eigenvalue weighted by molar-refractivity contribution is 7.91. The molecule has 4 nitrogen and oxygen atoms in total. The molecule has 2 aromatic carbocycles. The number of hydrogen-bond acceptors (Lipinski definition) is 4. The summed E-state index contributed by atoms with van der Waals surface area (Å²) in [5, 5.41) is 10.9. The van der Waals surface area contributed by atoms with Crippen molar-refractivity contribution in [3.63, 3.8) is 0 Å². The van der Waals surface area contributed by atoms with Crippen molar-refractivity contribution in [3.8, 4) is 0 Å². The maximum atomic E-state index is 13.9. The zero-order valence-corrected chi connectivity index (χ0v) is 14.1. The average molecular weight is 349 g/mol. The molecule has 0 amide bonds. The van der Waals surface area contributed by atoms with Gasteiger partial charge in [-0.15, -0.1) is 0 Å². The third-order valence-electron chi connectivity index (χ3n) is 4.69. The average Bonchev–Trinajstić information content (AvgIpc) is 2.60. The van der Waals surface area contributed by atoms with Crippen LogP contribution in [0.25, 0.3) is 0 Å². The van der Waals surface area contributed by atoms with E-state index in [1.807, 2.05) is 6.92 Å². The summed E-state index contributed by atoms with van der Waals surface area (Å²) in [6.45, 7) is 1.84. The zero-order chi connectivity index (χ0) is 17.5. The molecule has 1 aliphatic rings. The van der Waals surface area contributed by atoms with Crippen LogP contribution < -0.4 is 5.73 Å². The third kappa shape index (κ3) is 2.91. The number of hydrogen-bond donors (Lipinski definition) is 2. The number of nitrogens with two attached hydrogens (primary N) is 1. The van der Waals surface area contributed by atoms with Crippen LogP contribution >= 0.6 is 0 Å². The highest BCUT2D eigenvalue weighted by atomic mass is 32.2. The zero-order valence-electron chi connectivity index (χ0n) is 13.3. The Morgan fingerprint density at radius 2 is 2.00 bits per heavy atom. The Hall–Kier alpha value is -1.92. The summed E-state index contributed by atoms with van der Waals surface area (Å²) in [7, 11) is -3.60. The van der Waals surface area contributed by atoms with E-state index in [9.17, 15) is 17.9 Å². The van der Waals surface area contributed by atoms with Crippen LogP contribution in [-0.4, -0.2) is 25.4 Å². The first kappa shape index (κ1) is 16.9. The highest BCUT2D eigenvalue weighted by Gasteiger charge is 2.39. The van der Waals surface area contributed by atoms with E-state index >= 15 is 0 Å². The minimum Gasteiger partial charge on any atom is -0.399 e. The van der Waals surface area contributed by atoms with E-state index in [1.165, 1.54) is 12.1 Å². The second kappa shape index (κ2) is 6.18.